The Kier molecular flexibility index (Phi) is 5.17. The van der Waals surface area contributed by atoms with Crippen molar-refractivity contribution in [3.8, 4) is 0 Å². The fourth-order valence-electron chi connectivity index (χ4n) is 2.44. The molecule has 1 aromatic rings. The summed E-state index contributed by atoms with van der Waals surface area (Å²) in [6.45, 7) is 5.35. The third-order valence-corrected chi connectivity index (χ3v) is 4.23. The summed E-state index contributed by atoms with van der Waals surface area (Å²) >= 11 is 9.59. The zero-order valence-corrected chi connectivity index (χ0v) is 15.2. The molecule has 1 aliphatic rings. The standard InChI is InChI=1S/C16H19BrClNO3/c1-16(2,3)22-15(21)19-12(6-7-14(19)20)8-10-4-5-11(17)9-13(10)18/h4-5,9,12H,6-8H2,1-3H3. The first-order valence-corrected chi connectivity index (χ1v) is 8.33. The molecule has 6 heteroatoms. The lowest BCUT2D eigenvalue weighted by Crippen LogP contribution is -2.43. The Bertz CT molecular complexity index is 598. The zero-order valence-electron chi connectivity index (χ0n) is 12.9. The van der Waals surface area contributed by atoms with Crippen LogP contribution in [-0.4, -0.2) is 28.5 Å². The molecule has 120 valence electrons. The van der Waals surface area contributed by atoms with E-state index in [0.29, 0.717) is 24.3 Å². The Balaban J connectivity index is 2.15. The quantitative estimate of drug-likeness (QED) is 0.745. The number of hydrogen-bond donors (Lipinski definition) is 0. The molecule has 4 nitrogen and oxygen atoms in total. The van der Waals surface area contributed by atoms with Crippen LogP contribution in [0.25, 0.3) is 0 Å². The molecular weight excluding hydrogens is 370 g/mol. The monoisotopic (exact) mass is 387 g/mol. The van der Waals surface area contributed by atoms with E-state index in [0.717, 1.165) is 10.0 Å². The van der Waals surface area contributed by atoms with E-state index in [-0.39, 0.29) is 11.9 Å². The highest BCUT2D eigenvalue weighted by Gasteiger charge is 2.38. The number of rotatable bonds is 2. The van der Waals surface area contributed by atoms with E-state index in [9.17, 15) is 9.59 Å². The normalized spacial score (nSPS) is 18.7. The highest BCUT2D eigenvalue weighted by Crippen LogP contribution is 2.28. The van der Waals surface area contributed by atoms with Gasteiger partial charge in [0.05, 0.1) is 0 Å². The lowest BCUT2D eigenvalue weighted by atomic mass is 10.0. The number of amides is 2. The number of ether oxygens (including phenoxy) is 1. The fraction of sp³-hybridized carbons (Fsp3) is 0.500. The highest BCUT2D eigenvalue weighted by atomic mass is 79.9. The van der Waals surface area contributed by atoms with E-state index < -0.39 is 11.7 Å². The van der Waals surface area contributed by atoms with E-state index in [4.69, 9.17) is 16.3 Å². The molecule has 1 fully saturated rings. The van der Waals surface area contributed by atoms with Gasteiger partial charge in [-0.25, -0.2) is 9.69 Å². The van der Waals surface area contributed by atoms with Crippen molar-refractivity contribution in [3.63, 3.8) is 0 Å². The summed E-state index contributed by atoms with van der Waals surface area (Å²) in [6.07, 6.45) is 0.952. The summed E-state index contributed by atoms with van der Waals surface area (Å²) in [6, 6.07) is 5.41. The van der Waals surface area contributed by atoms with Gasteiger partial charge in [0.1, 0.15) is 5.60 Å². The Morgan fingerprint density at radius 3 is 2.73 bits per heavy atom. The van der Waals surface area contributed by atoms with Gasteiger partial charge in [-0.3, -0.25) is 4.79 Å². The number of hydrogen-bond acceptors (Lipinski definition) is 3. The van der Waals surface area contributed by atoms with Crippen LogP contribution in [0.1, 0.15) is 39.2 Å². The molecule has 1 atom stereocenters. The average molecular weight is 389 g/mol. The number of likely N-dealkylation sites (tertiary alicyclic amines) is 1. The molecule has 1 unspecified atom stereocenters. The SMILES string of the molecule is CC(C)(C)OC(=O)N1C(=O)CCC1Cc1ccc(Br)cc1Cl. The van der Waals surface area contributed by atoms with Gasteiger partial charge in [-0.2, -0.15) is 0 Å². The van der Waals surface area contributed by atoms with Gasteiger partial charge in [0.25, 0.3) is 0 Å². The second kappa shape index (κ2) is 6.59. The fourth-order valence-corrected chi connectivity index (χ4v) is 3.19. The summed E-state index contributed by atoms with van der Waals surface area (Å²) < 4.78 is 6.23. The third-order valence-electron chi connectivity index (χ3n) is 3.39. The maximum absolute atomic E-state index is 12.3. The van der Waals surface area contributed by atoms with Crippen molar-refractivity contribution < 1.29 is 14.3 Å². The summed E-state index contributed by atoms with van der Waals surface area (Å²) in [5.74, 6) is -0.188. The minimum absolute atomic E-state index is 0.188. The number of nitrogens with zero attached hydrogens (tertiary/aromatic N) is 1. The van der Waals surface area contributed by atoms with Crippen LogP contribution in [0.2, 0.25) is 5.02 Å². The second-order valence-corrected chi connectivity index (χ2v) is 7.70. The molecule has 0 radical (unpaired) electrons. The molecule has 22 heavy (non-hydrogen) atoms. The molecular formula is C16H19BrClNO3. The molecule has 1 saturated heterocycles. The van der Waals surface area contributed by atoms with Crippen molar-refractivity contribution in [2.45, 2.75) is 51.7 Å². The van der Waals surface area contributed by atoms with Gasteiger partial charge < -0.3 is 4.74 Å². The maximum atomic E-state index is 12.3. The van der Waals surface area contributed by atoms with Crippen molar-refractivity contribution in [2.24, 2.45) is 0 Å². The van der Waals surface area contributed by atoms with E-state index in [1.165, 1.54) is 4.90 Å². The lowest BCUT2D eigenvalue weighted by molar-refractivity contribution is -0.128. The first-order valence-electron chi connectivity index (χ1n) is 7.16. The second-order valence-electron chi connectivity index (χ2n) is 6.38. The Morgan fingerprint density at radius 2 is 2.14 bits per heavy atom. The van der Waals surface area contributed by atoms with Crippen molar-refractivity contribution in [2.75, 3.05) is 0 Å². The number of carbonyl (C=O) groups is 2. The summed E-state index contributed by atoms with van der Waals surface area (Å²) in [4.78, 5) is 25.5. The molecule has 1 aromatic carbocycles. The van der Waals surface area contributed by atoms with E-state index >= 15 is 0 Å². The maximum Gasteiger partial charge on any atom is 0.417 e. The van der Waals surface area contributed by atoms with Crippen LogP contribution >= 0.6 is 27.5 Å². The molecule has 0 aliphatic carbocycles. The van der Waals surface area contributed by atoms with Crippen LogP contribution < -0.4 is 0 Å². The minimum atomic E-state index is -0.625. The third kappa shape index (κ3) is 4.23. The van der Waals surface area contributed by atoms with Crippen LogP contribution in [-0.2, 0) is 16.0 Å². The molecule has 2 amide bonds. The molecule has 0 aromatic heterocycles. The van der Waals surface area contributed by atoms with Crippen LogP contribution in [0, 0.1) is 0 Å². The van der Waals surface area contributed by atoms with Crippen LogP contribution in [0.15, 0.2) is 22.7 Å². The molecule has 0 spiro atoms. The van der Waals surface area contributed by atoms with Crippen molar-refractivity contribution in [1.29, 1.82) is 0 Å². The van der Waals surface area contributed by atoms with Gasteiger partial charge in [0, 0.05) is 22.0 Å². The molecule has 0 saturated carbocycles. The van der Waals surface area contributed by atoms with Gasteiger partial charge in [-0.05, 0) is 51.3 Å². The van der Waals surface area contributed by atoms with Gasteiger partial charge in [0.2, 0.25) is 5.91 Å². The Hall–Kier alpha value is -1.07. The minimum Gasteiger partial charge on any atom is -0.443 e. The van der Waals surface area contributed by atoms with Crippen molar-refractivity contribution in [3.05, 3.63) is 33.3 Å². The van der Waals surface area contributed by atoms with Crippen LogP contribution in [0.3, 0.4) is 0 Å². The topological polar surface area (TPSA) is 46.6 Å². The van der Waals surface area contributed by atoms with Gasteiger partial charge in [-0.1, -0.05) is 33.6 Å². The first kappa shape index (κ1) is 17.3. The van der Waals surface area contributed by atoms with E-state index in [1.807, 2.05) is 18.2 Å². The largest absolute Gasteiger partial charge is 0.443 e. The van der Waals surface area contributed by atoms with Gasteiger partial charge >= 0.3 is 6.09 Å². The Morgan fingerprint density at radius 1 is 1.45 bits per heavy atom. The van der Waals surface area contributed by atoms with Crippen molar-refractivity contribution in [1.82, 2.24) is 4.90 Å². The molecule has 0 bridgehead atoms. The summed E-state index contributed by atoms with van der Waals surface area (Å²) in [5.41, 5.74) is 0.290. The molecule has 2 rings (SSSR count). The van der Waals surface area contributed by atoms with E-state index in [1.54, 1.807) is 20.8 Å². The molecule has 0 N–H and O–H groups in total. The first-order chi connectivity index (χ1) is 10.2. The predicted molar refractivity (Wildman–Crippen MR) is 89.0 cm³/mol. The van der Waals surface area contributed by atoms with Crippen LogP contribution in [0.4, 0.5) is 4.79 Å². The average Bonchev–Trinajstić information content (AvgIpc) is 2.72. The Labute approximate surface area is 143 Å². The lowest BCUT2D eigenvalue weighted by Gasteiger charge is -2.27. The van der Waals surface area contributed by atoms with Crippen molar-refractivity contribution >= 4 is 39.5 Å². The predicted octanol–water partition coefficient (Wildman–Crippen LogP) is 4.57. The number of carbonyl (C=O) groups excluding carboxylic acids is 2. The van der Waals surface area contributed by atoms with Gasteiger partial charge in [-0.15, -0.1) is 0 Å². The van der Waals surface area contributed by atoms with Gasteiger partial charge in [0.15, 0.2) is 0 Å². The summed E-state index contributed by atoms with van der Waals surface area (Å²) in [7, 11) is 0. The number of imide groups is 1. The molecule has 1 aliphatic heterocycles. The van der Waals surface area contributed by atoms with E-state index in [2.05, 4.69) is 15.9 Å². The number of benzene rings is 1. The highest BCUT2D eigenvalue weighted by molar-refractivity contribution is 9.10. The smallest absolute Gasteiger partial charge is 0.417 e. The van der Waals surface area contributed by atoms with Crippen LogP contribution in [0.5, 0.6) is 0 Å². The molecule has 1 heterocycles. The zero-order chi connectivity index (χ0) is 16.5. The number of halogens is 2. The summed E-state index contributed by atoms with van der Waals surface area (Å²) in [5, 5.41) is 0.623.